The molecule has 0 saturated carbocycles. The number of carbonyl (C=O) groups is 1. The summed E-state index contributed by atoms with van der Waals surface area (Å²) in [5.74, 6) is 0.250. The second-order valence-electron chi connectivity index (χ2n) is 12.2. The highest BCUT2D eigenvalue weighted by Crippen LogP contribution is 2.41. The standard InChI is InChI=1S/C9H10Br2N2.C9H10N2O.C9H12N2.C9H9NO/c10-6-3-5-4(1-2-7(5)12)8(11)9(6)13;10-7-2-3-8-6(5-7)1-4-9(8)11-12;2*10-7-2-3-8-6(5-7)1-4-9(8)11/h3,7H,1-2,12-13H2;2-3,5,12H,1,4,10H2;2-3,5,9H,1,4,10-11H2;2-3,5H,1,4,10H2/b;11-9-;;. The maximum Gasteiger partial charge on any atom is 0.163 e. The summed E-state index contributed by atoms with van der Waals surface area (Å²) in [6.45, 7) is 0. The highest BCUT2D eigenvalue weighted by Gasteiger charge is 2.24. The molecule has 0 heterocycles. The number of hydrogen-bond acceptors (Lipinski definition) is 9. The van der Waals surface area contributed by atoms with Gasteiger partial charge < -0.3 is 39.6 Å². The van der Waals surface area contributed by atoms with Crippen LogP contribution >= 0.6 is 31.9 Å². The number of anilines is 4. The normalized spacial score (nSPS) is 18.9. The van der Waals surface area contributed by atoms with Crippen molar-refractivity contribution < 1.29 is 10.0 Å². The van der Waals surface area contributed by atoms with E-state index >= 15 is 0 Å². The van der Waals surface area contributed by atoms with E-state index in [4.69, 9.17) is 39.6 Å². The molecular formula is C36H41Br2N7O2. The number of aryl methyl sites for hydroxylation is 3. The Morgan fingerprint density at radius 1 is 0.638 bits per heavy atom. The van der Waals surface area contributed by atoms with Crippen molar-refractivity contribution in [2.75, 3.05) is 22.9 Å². The number of carbonyl (C=O) groups excluding carboxylic acids is 1. The van der Waals surface area contributed by atoms with E-state index in [1.165, 1.54) is 27.8 Å². The minimum Gasteiger partial charge on any atom is -0.411 e. The molecule has 0 saturated heterocycles. The molecule has 0 spiro atoms. The summed E-state index contributed by atoms with van der Waals surface area (Å²) in [4.78, 5) is 11.1. The molecule has 0 fully saturated rings. The number of nitrogen functional groups attached to an aromatic ring is 4. The van der Waals surface area contributed by atoms with Gasteiger partial charge in [-0.05, 0) is 159 Å². The van der Waals surface area contributed by atoms with Crippen LogP contribution in [-0.2, 0) is 25.7 Å². The molecule has 0 aromatic heterocycles. The van der Waals surface area contributed by atoms with Crippen LogP contribution in [0.15, 0.2) is 74.8 Å². The van der Waals surface area contributed by atoms with Gasteiger partial charge in [-0.25, -0.2) is 0 Å². The van der Waals surface area contributed by atoms with E-state index in [1.807, 2.05) is 54.6 Å². The number of hydrogen-bond donors (Lipinski definition) is 7. The fraction of sp³-hybridized carbons (Fsp3) is 0.278. The molecule has 0 radical (unpaired) electrons. The zero-order valence-electron chi connectivity index (χ0n) is 26.1. The molecular weight excluding hydrogens is 722 g/mol. The molecule has 0 aliphatic heterocycles. The van der Waals surface area contributed by atoms with E-state index in [0.717, 1.165) is 99.0 Å². The quantitative estimate of drug-likeness (QED) is 0.0579. The fourth-order valence-corrected chi connectivity index (χ4v) is 7.83. The van der Waals surface area contributed by atoms with Crippen molar-refractivity contribution in [1.82, 2.24) is 0 Å². The van der Waals surface area contributed by atoms with E-state index in [1.54, 1.807) is 6.07 Å². The van der Waals surface area contributed by atoms with E-state index in [0.29, 0.717) is 6.42 Å². The topological polar surface area (TPSA) is 206 Å². The monoisotopic (exact) mass is 761 g/mol. The summed E-state index contributed by atoms with van der Waals surface area (Å²) < 4.78 is 1.93. The number of benzene rings is 4. The molecule has 4 aromatic carbocycles. The van der Waals surface area contributed by atoms with E-state index < -0.39 is 0 Å². The third-order valence-corrected chi connectivity index (χ3v) is 10.6. The molecule has 8 rings (SSSR count). The van der Waals surface area contributed by atoms with Crippen molar-refractivity contribution in [2.45, 2.75) is 63.5 Å². The lowest BCUT2D eigenvalue weighted by Crippen LogP contribution is -2.05. The Bertz CT molecular complexity index is 1840. The van der Waals surface area contributed by atoms with Crippen LogP contribution in [0.5, 0.6) is 0 Å². The number of halogens is 2. The predicted octanol–water partition coefficient (Wildman–Crippen LogP) is 6.75. The first-order chi connectivity index (χ1) is 22.5. The number of nitrogens with zero attached hydrogens (tertiary/aromatic N) is 1. The summed E-state index contributed by atoms with van der Waals surface area (Å²) in [5, 5.41) is 11.9. The zero-order chi connectivity index (χ0) is 33.8. The van der Waals surface area contributed by atoms with E-state index in [9.17, 15) is 4.79 Å². The lowest BCUT2D eigenvalue weighted by Gasteiger charge is -2.10. The number of oxime groups is 1. The van der Waals surface area contributed by atoms with Crippen molar-refractivity contribution in [3.8, 4) is 0 Å². The molecule has 9 nitrogen and oxygen atoms in total. The Kier molecular flexibility index (Phi) is 10.9. The Morgan fingerprint density at radius 2 is 1.19 bits per heavy atom. The van der Waals surface area contributed by atoms with Crippen LogP contribution in [0, 0.1) is 0 Å². The summed E-state index contributed by atoms with van der Waals surface area (Å²) in [7, 11) is 0. The van der Waals surface area contributed by atoms with Crippen LogP contribution < -0.4 is 34.4 Å². The predicted molar refractivity (Wildman–Crippen MR) is 199 cm³/mol. The lowest BCUT2D eigenvalue weighted by molar-refractivity contribution is 0.0994. The van der Waals surface area contributed by atoms with Crippen molar-refractivity contribution in [2.24, 2.45) is 16.6 Å². The summed E-state index contributed by atoms with van der Waals surface area (Å²) in [6, 6.07) is 19.6. The number of Topliss-reactive ketones (excluding diaryl/α,β-unsaturated/α-hetero) is 1. The molecule has 2 atom stereocenters. The largest absolute Gasteiger partial charge is 0.411 e. The number of fused-ring (bicyclic) bond motifs is 4. The van der Waals surface area contributed by atoms with Gasteiger partial charge >= 0.3 is 0 Å². The molecule has 47 heavy (non-hydrogen) atoms. The van der Waals surface area contributed by atoms with Crippen molar-refractivity contribution >= 4 is 66.1 Å². The van der Waals surface area contributed by atoms with E-state index in [-0.39, 0.29) is 17.9 Å². The third kappa shape index (κ3) is 7.81. The number of nitrogens with two attached hydrogens (primary N) is 6. The van der Waals surface area contributed by atoms with Crippen LogP contribution in [0.1, 0.15) is 87.1 Å². The molecule has 11 heteroatoms. The summed E-state index contributed by atoms with van der Waals surface area (Å²) in [5.41, 5.74) is 47.7. The fourth-order valence-electron chi connectivity index (χ4n) is 6.48. The van der Waals surface area contributed by atoms with E-state index in [2.05, 4.69) is 37.0 Å². The smallest absolute Gasteiger partial charge is 0.163 e. The Labute approximate surface area is 292 Å². The summed E-state index contributed by atoms with van der Waals surface area (Å²) >= 11 is 6.92. The van der Waals surface area contributed by atoms with Gasteiger partial charge in [-0.3, -0.25) is 4.79 Å². The Hall–Kier alpha value is -3.90. The van der Waals surface area contributed by atoms with Gasteiger partial charge in [0.05, 0.1) is 11.4 Å². The zero-order valence-corrected chi connectivity index (χ0v) is 29.3. The SMILES string of the molecule is Nc1c(Br)cc2c(c1Br)CCC2N.Nc1ccc2c(c1)CC/C2=N/O.Nc1ccc2c(c1)CCC2=O.Nc1ccc2c(c1)CCC2N. The minimum absolute atomic E-state index is 0.170. The second-order valence-corrected chi connectivity index (χ2v) is 13.9. The van der Waals surface area contributed by atoms with Gasteiger partial charge in [0.2, 0.25) is 0 Å². The van der Waals surface area contributed by atoms with Crippen LogP contribution in [0.2, 0.25) is 0 Å². The third-order valence-electron chi connectivity index (χ3n) is 9.03. The maximum absolute atomic E-state index is 11.1. The Balaban J connectivity index is 0.000000123. The molecule has 13 N–H and O–H groups in total. The molecule has 0 amide bonds. The molecule has 2 unspecified atom stereocenters. The van der Waals surface area contributed by atoms with Gasteiger partial charge in [0.25, 0.3) is 0 Å². The first-order valence-electron chi connectivity index (χ1n) is 15.6. The van der Waals surface area contributed by atoms with Gasteiger partial charge in [-0.2, -0.15) is 0 Å². The second kappa shape index (κ2) is 14.9. The van der Waals surface area contributed by atoms with Crippen LogP contribution in [0.25, 0.3) is 0 Å². The molecule has 0 bridgehead atoms. The first kappa shape index (κ1) is 34.4. The number of rotatable bonds is 0. The first-order valence-corrected chi connectivity index (χ1v) is 17.2. The lowest BCUT2D eigenvalue weighted by atomic mass is 10.1. The van der Waals surface area contributed by atoms with Crippen LogP contribution in [0.4, 0.5) is 22.7 Å². The average molecular weight is 764 g/mol. The number of ketones is 1. The highest BCUT2D eigenvalue weighted by atomic mass is 79.9. The minimum atomic E-state index is 0.170. The molecule has 4 aliphatic rings. The molecule has 246 valence electrons. The van der Waals surface area contributed by atoms with Crippen molar-refractivity contribution in [3.63, 3.8) is 0 Å². The van der Waals surface area contributed by atoms with Crippen LogP contribution in [0.3, 0.4) is 0 Å². The molecule has 4 aromatic rings. The van der Waals surface area contributed by atoms with Crippen LogP contribution in [-0.4, -0.2) is 16.7 Å². The average Bonchev–Trinajstić information content (AvgIpc) is 3.83. The molecule has 4 aliphatic carbocycles. The van der Waals surface area contributed by atoms with Gasteiger partial charge in [-0.15, -0.1) is 0 Å². The van der Waals surface area contributed by atoms with Crippen molar-refractivity contribution in [3.05, 3.63) is 114 Å². The van der Waals surface area contributed by atoms with Gasteiger partial charge in [0.1, 0.15) is 0 Å². The van der Waals surface area contributed by atoms with Gasteiger partial charge in [-0.1, -0.05) is 17.3 Å². The Morgan fingerprint density at radius 3 is 1.87 bits per heavy atom. The van der Waals surface area contributed by atoms with Crippen molar-refractivity contribution in [1.29, 1.82) is 0 Å². The van der Waals surface area contributed by atoms with Gasteiger partial charge in [0, 0.05) is 55.6 Å². The summed E-state index contributed by atoms with van der Waals surface area (Å²) in [6.07, 6.45) is 7.45. The maximum atomic E-state index is 11.1. The van der Waals surface area contributed by atoms with Gasteiger partial charge in [0.15, 0.2) is 5.78 Å². The highest BCUT2D eigenvalue weighted by molar-refractivity contribution is 9.11.